The fraction of sp³-hybridized carbons (Fsp3) is 0.933. The first-order valence-corrected chi connectivity index (χ1v) is 7.84. The van der Waals surface area contributed by atoms with E-state index in [0.29, 0.717) is 6.04 Å². The lowest BCUT2D eigenvalue weighted by atomic mass is 9.84. The van der Waals surface area contributed by atoms with Gasteiger partial charge in [-0.1, -0.05) is 6.42 Å². The van der Waals surface area contributed by atoms with Crippen LogP contribution in [0.1, 0.15) is 32.6 Å². The fourth-order valence-electron chi connectivity index (χ4n) is 4.02. The maximum Gasteiger partial charge on any atom is 0.324 e. The lowest BCUT2D eigenvalue weighted by Gasteiger charge is -2.39. The monoisotopic (exact) mass is 283 g/mol. The van der Waals surface area contributed by atoms with Crippen LogP contribution < -0.4 is 5.32 Å². The second-order valence-corrected chi connectivity index (χ2v) is 6.55. The highest BCUT2D eigenvalue weighted by Gasteiger charge is 2.47. The van der Waals surface area contributed by atoms with Crippen LogP contribution in [-0.2, 0) is 4.79 Å². The van der Waals surface area contributed by atoms with Crippen LogP contribution in [0.4, 0.5) is 0 Å². The molecule has 2 rings (SSSR count). The van der Waals surface area contributed by atoms with E-state index < -0.39 is 11.5 Å². The molecule has 0 spiro atoms. The lowest BCUT2D eigenvalue weighted by Crippen LogP contribution is -2.55. The van der Waals surface area contributed by atoms with Gasteiger partial charge in [0.15, 0.2) is 0 Å². The maximum absolute atomic E-state index is 11.6. The molecule has 0 aromatic carbocycles. The van der Waals surface area contributed by atoms with Crippen molar-refractivity contribution in [3.05, 3.63) is 0 Å². The molecule has 0 aromatic heterocycles. The lowest BCUT2D eigenvalue weighted by molar-refractivity contribution is -0.146. The summed E-state index contributed by atoms with van der Waals surface area (Å²) in [5.74, 6) is -0.411. The second kappa shape index (κ2) is 6.41. The van der Waals surface area contributed by atoms with Crippen LogP contribution in [0.2, 0.25) is 0 Å². The van der Waals surface area contributed by atoms with E-state index in [2.05, 4.69) is 29.1 Å². The molecule has 116 valence electrons. The number of nitrogens with zero attached hydrogens (tertiary/aromatic N) is 2. The Morgan fingerprint density at radius 3 is 2.80 bits per heavy atom. The van der Waals surface area contributed by atoms with E-state index in [1.807, 2.05) is 0 Å². The van der Waals surface area contributed by atoms with E-state index in [1.165, 1.54) is 0 Å². The van der Waals surface area contributed by atoms with E-state index in [0.717, 1.165) is 51.9 Å². The first-order valence-electron chi connectivity index (χ1n) is 7.84. The summed E-state index contributed by atoms with van der Waals surface area (Å²) in [6, 6.07) is 0.573. The first kappa shape index (κ1) is 15.7. The third-order valence-corrected chi connectivity index (χ3v) is 5.38. The minimum Gasteiger partial charge on any atom is -0.480 e. The molecule has 2 aliphatic rings. The molecule has 0 aromatic rings. The highest BCUT2D eigenvalue weighted by atomic mass is 16.4. The van der Waals surface area contributed by atoms with Crippen LogP contribution in [-0.4, -0.2) is 72.7 Å². The Bertz CT molecular complexity index is 350. The Labute approximate surface area is 122 Å². The first-order chi connectivity index (χ1) is 9.49. The van der Waals surface area contributed by atoms with Crippen molar-refractivity contribution in [3.63, 3.8) is 0 Å². The molecule has 20 heavy (non-hydrogen) atoms. The molecule has 5 heteroatoms. The van der Waals surface area contributed by atoms with Crippen molar-refractivity contribution in [2.45, 2.75) is 44.2 Å². The number of nitrogens with one attached hydrogen (secondary N) is 1. The minimum absolute atomic E-state index is 0.261. The van der Waals surface area contributed by atoms with Gasteiger partial charge in [0.25, 0.3) is 0 Å². The molecule has 3 unspecified atom stereocenters. The van der Waals surface area contributed by atoms with Crippen molar-refractivity contribution in [1.82, 2.24) is 15.1 Å². The number of aliphatic carboxylic acids is 1. The van der Waals surface area contributed by atoms with Crippen molar-refractivity contribution >= 4 is 5.97 Å². The normalized spacial score (nSPS) is 36.4. The third-order valence-electron chi connectivity index (χ3n) is 5.38. The largest absolute Gasteiger partial charge is 0.480 e. The van der Waals surface area contributed by atoms with E-state index in [1.54, 1.807) is 7.05 Å². The Morgan fingerprint density at radius 1 is 1.45 bits per heavy atom. The van der Waals surface area contributed by atoms with Gasteiger partial charge in [-0.2, -0.15) is 0 Å². The predicted molar refractivity (Wildman–Crippen MR) is 79.9 cm³/mol. The van der Waals surface area contributed by atoms with Crippen LogP contribution in [0, 0.1) is 5.92 Å². The van der Waals surface area contributed by atoms with Gasteiger partial charge in [-0.25, -0.2) is 0 Å². The zero-order valence-electron chi connectivity index (χ0n) is 13.1. The molecule has 2 N–H and O–H groups in total. The Hall–Kier alpha value is -0.650. The number of hydrogen-bond donors (Lipinski definition) is 2. The molecule has 0 amide bonds. The molecule has 1 saturated carbocycles. The van der Waals surface area contributed by atoms with Gasteiger partial charge in [0.1, 0.15) is 5.54 Å². The summed E-state index contributed by atoms with van der Waals surface area (Å²) in [5, 5.41) is 12.7. The number of rotatable bonds is 5. The fourth-order valence-corrected chi connectivity index (χ4v) is 4.02. The van der Waals surface area contributed by atoms with Gasteiger partial charge < -0.3 is 15.3 Å². The zero-order valence-corrected chi connectivity index (χ0v) is 13.1. The average molecular weight is 283 g/mol. The zero-order chi connectivity index (χ0) is 14.8. The molecule has 1 aliphatic heterocycles. The van der Waals surface area contributed by atoms with Gasteiger partial charge >= 0.3 is 5.97 Å². The van der Waals surface area contributed by atoms with Crippen molar-refractivity contribution in [2.75, 3.05) is 40.3 Å². The predicted octanol–water partition coefficient (Wildman–Crippen LogP) is 0.855. The number of likely N-dealkylation sites (N-methyl/N-ethyl adjacent to an activating group) is 2. The molecule has 5 nitrogen and oxygen atoms in total. The number of carboxylic acids is 1. The van der Waals surface area contributed by atoms with Gasteiger partial charge in [-0.3, -0.25) is 9.69 Å². The van der Waals surface area contributed by atoms with E-state index in [-0.39, 0.29) is 5.92 Å². The summed E-state index contributed by atoms with van der Waals surface area (Å²) < 4.78 is 0. The van der Waals surface area contributed by atoms with E-state index in [4.69, 9.17) is 0 Å². The van der Waals surface area contributed by atoms with Gasteiger partial charge in [0, 0.05) is 25.7 Å². The average Bonchev–Trinajstić information content (AvgIpc) is 2.82. The molecular weight excluding hydrogens is 254 g/mol. The molecule has 1 saturated heterocycles. The summed E-state index contributed by atoms with van der Waals surface area (Å²) in [5.41, 5.74) is -0.685. The molecule has 0 radical (unpaired) electrons. The highest BCUT2D eigenvalue weighted by molar-refractivity contribution is 5.79. The summed E-state index contributed by atoms with van der Waals surface area (Å²) in [7, 11) is 3.96. The van der Waals surface area contributed by atoms with Crippen molar-refractivity contribution < 1.29 is 9.90 Å². The van der Waals surface area contributed by atoms with Gasteiger partial charge in [0.05, 0.1) is 0 Å². The topological polar surface area (TPSA) is 55.8 Å². The quantitative estimate of drug-likeness (QED) is 0.783. The summed E-state index contributed by atoms with van der Waals surface area (Å²) in [4.78, 5) is 16.5. The summed E-state index contributed by atoms with van der Waals surface area (Å²) >= 11 is 0. The van der Waals surface area contributed by atoms with Crippen LogP contribution >= 0.6 is 0 Å². The number of carboxylic acid groups (broad SMARTS) is 1. The molecule has 3 atom stereocenters. The number of carbonyl (C=O) groups is 1. The maximum atomic E-state index is 11.6. The van der Waals surface area contributed by atoms with Crippen LogP contribution in [0.15, 0.2) is 0 Å². The molecule has 1 heterocycles. The Kier molecular flexibility index (Phi) is 5.04. The van der Waals surface area contributed by atoms with Gasteiger partial charge in [-0.05, 0) is 52.7 Å². The molecule has 1 aliphatic carbocycles. The smallest absolute Gasteiger partial charge is 0.324 e. The van der Waals surface area contributed by atoms with Gasteiger partial charge in [-0.15, -0.1) is 0 Å². The molecule has 2 fully saturated rings. The molecular formula is C15H29N3O2. The van der Waals surface area contributed by atoms with Gasteiger partial charge in [0.2, 0.25) is 0 Å². The summed E-state index contributed by atoms with van der Waals surface area (Å²) in [6.07, 6.45) is 3.81. The van der Waals surface area contributed by atoms with Crippen molar-refractivity contribution in [2.24, 2.45) is 5.92 Å². The number of piperazine rings is 1. The second-order valence-electron chi connectivity index (χ2n) is 6.55. The van der Waals surface area contributed by atoms with Crippen molar-refractivity contribution in [3.8, 4) is 0 Å². The van der Waals surface area contributed by atoms with Crippen LogP contribution in [0.5, 0.6) is 0 Å². The SMILES string of the molecule is CNC1(C(=O)O)CCCC1CCN1CCN(C)CC1C. The van der Waals surface area contributed by atoms with E-state index >= 15 is 0 Å². The Morgan fingerprint density at radius 2 is 2.20 bits per heavy atom. The summed E-state index contributed by atoms with van der Waals surface area (Å²) in [6.45, 7) is 6.62. The minimum atomic E-state index is -0.685. The number of hydrogen-bond acceptors (Lipinski definition) is 4. The van der Waals surface area contributed by atoms with Crippen LogP contribution in [0.25, 0.3) is 0 Å². The van der Waals surface area contributed by atoms with Crippen LogP contribution in [0.3, 0.4) is 0 Å². The highest BCUT2D eigenvalue weighted by Crippen LogP contribution is 2.38. The standard InChI is InChI=1S/C15H29N3O2/c1-12-11-17(3)9-10-18(12)8-6-13-5-4-7-15(13,16-2)14(19)20/h12-13,16H,4-11H2,1-3H3,(H,19,20). The van der Waals surface area contributed by atoms with Crippen molar-refractivity contribution in [1.29, 1.82) is 0 Å². The Balaban J connectivity index is 1.91. The third kappa shape index (κ3) is 3.00. The van der Waals surface area contributed by atoms with E-state index in [9.17, 15) is 9.90 Å². The molecule has 0 bridgehead atoms.